The van der Waals surface area contributed by atoms with E-state index < -0.39 is 6.04 Å². The van der Waals surface area contributed by atoms with Gasteiger partial charge in [0.15, 0.2) is 0 Å². The molecule has 0 saturated heterocycles. The second kappa shape index (κ2) is 6.42. The predicted octanol–water partition coefficient (Wildman–Crippen LogP) is 2.76. The van der Waals surface area contributed by atoms with Gasteiger partial charge in [0.2, 0.25) is 0 Å². The zero-order valence-corrected chi connectivity index (χ0v) is 15.2. The summed E-state index contributed by atoms with van der Waals surface area (Å²) in [5.74, 6) is 0.0250. The van der Waals surface area contributed by atoms with E-state index in [1.807, 2.05) is 43.3 Å². The van der Waals surface area contributed by atoms with Crippen molar-refractivity contribution in [1.82, 2.24) is 9.69 Å². The summed E-state index contributed by atoms with van der Waals surface area (Å²) in [6, 6.07) is 12.4. The number of carbonyl (C=O) groups excluding carboxylic acids is 2. The lowest BCUT2D eigenvalue weighted by molar-refractivity contribution is -0.120. The van der Waals surface area contributed by atoms with Crippen molar-refractivity contribution in [2.75, 3.05) is 18.6 Å². The molecule has 1 aliphatic rings. The highest BCUT2D eigenvalue weighted by Gasteiger charge is 2.31. The summed E-state index contributed by atoms with van der Waals surface area (Å²) in [7, 11) is 1.68. The zero-order valence-electron chi connectivity index (χ0n) is 14.4. The van der Waals surface area contributed by atoms with Crippen molar-refractivity contribution in [3.8, 4) is 5.75 Å². The average molecular weight is 367 g/mol. The van der Waals surface area contributed by atoms with Crippen LogP contribution in [0.3, 0.4) is 0 Å². The summed E-state index contributed by atoms with van der Waals surface area (Å²) in [6.45, 7) is 2.04. The van der Waals surface area contributed by atoms with Gasteiger partial charge in [0, 0.05) is 12.4 Å². The number of rotatable bonds is 2. The van der Waals surface area contributed by atoms with Gasteiger partial charge in [-0.05, 0) is 42.7 Å². The Labute approximate surface area is 154 Å². The van der Waals surface area contributed by atoms with Gasteiger partial charge in [-0.2, -0.15) is 4.37 Å². The fraction of sp³-hybridized carbons (Fsp3) is 0.211. The van der Waals surface area contributed by atoms with Gasteiger partial charge in [-0.25, -0.2) is 0 Å². The number of aryl methyl sites for hydroxylation is 1. The SMILES string of the molecule is Cc1ccc2snc(C(=O)N[C@H]3COc4ccccc4N(C)C3=O)c2c1. The summed E-state index contributed by atoms with van der Waals surface area (Å²) in [6.07, 6.45) is 0. The Morgan fingerprint density at radius 2 is 2.12 bits per heavy atom. The van der Waals surface area contributed by atoms with Crippen LogP contribution in [0.4, 0.5) is 5.69 Å². The minimum atomic E-state index is -0.776. The maximum absolute atomic E-state index is 12.7. The van der Waals surface area contributed by atoms with Crippen molar-refractivity contribution in [2.45, 2.75) is 13.0 Å². The Bertz CT molecular complexity index is 1010. The van der Waals surface area contributed by atoms with Crippen LogP contribution in [0.15, 0.2) is 42.5 Å². The number of ether oxygens (including phenoxy) is 1. The minimum absolute atomic E-state index is 0.0764. The van der Waals surface area contributed by atoms with Crippen LogP contribution in [0.1, 0.15) is 16.1 Å². The Morgan fingerprint density at radius 3 is 2.96 bits per heavy atom. The lowest BCUT2D eigenvalue weighted by Gasteiger charge is -2.20. The smallest absolute Gasteiger partial charge is 0.272 e. The molecule has 132 valence electrons. The summed E-state index contributed by atoms with van der Waals surface area (Å²) in [4.78, 5) is 27.0. The second-order valence-corrected chi connectivity index (χ2v) is 7.04. The first-order valence-electron chi connectivity index (χ1n) is 8.21. The van der Waals surface area contributed by atoms with E-state index in [0.29, 0.717) is 17.1 Å². The van der Waals surface area contributed by atoms with Gasteiger partial charge in [-0.1, -0.05) is 23.8 Å². The molecule has 0 unspecified atom stereocenters. The van der Waals surface area contributed by atoms with Crippen molar-refractivity contribution in [2.24, 2.45) is 0 Å². The van der Waals surface area contributed by atoms with E-state index in [1.165, 1.54) is 16.4 Å². The molecular formula is C19H17N3O3S. The number of anilines is 1. The molecule has 2 amide bonds. The normalized spacial score (nSPS) is 16.8. The number of carbonyl (C=O) groups is 2. The molecule has 0 aliphatic carbocycles. The van der Waals surface area contributed by atoms with E-state index in [1.54, 1.807) is 13.1 Å². The monoisotopic (exact) mass is 367 g/mol. The van der Waals surface area contributed by atoms with Gasteiger partial charge in [-0.15, -0.1) is 0 Å². The summed E-state index contributed by atoms with van der Waals surface area (Å²) in [5, 5.41) is 3.57. The maximum Gasteiger partial charge on any atom is 0.272 e. The first-order valence-corrected chi connectivity index (χ1v) is 8.98. The van der Waals surface area contributed by atoms with E-state index in [-0.39, 0.29) is 18.4 Å². The molecule has 0 radical (unpaired) electrons. The van der Waals surface area contributed by atoms with E-state index >= 15 is 0 Å². The van der Waals surface area contributed by atoms with Crippen molar-refractivity contribution in [1.29, 1.82) is 0 Å². The van der Waals surface area contributed by atoms with Gasteiger partial charge in [0.1, 0.15) is 24.1 Å². The number of likely N-dealkylation sites (N-methyl/N-ethyl adjacent to an activating group) is 1. The number of amides is 2. The third kappa shape index (κ3) is 2.80. The molecule has 4 rings (SSSR count). The lowest BCUT2D eigenvalue weighted by atomic mass is 10.1. The van der Waals surface area contributed by atoms with Crippen LogP contribution < -0.4 is 15.0 Å². The Hall–Kier alpha value is -2.93. The number of hydrogen-bond acceptors (Lipinski definition) is 5. The molecule has 0 spiro atoms. The molecule has 7 heteroatoms. The fourth-order valence-corrected chi connectivity index (χ4v) is 3.75. The van der Waals surface area contributed by atoms with E-state index in [9.17, 15) is 9.59 Å². The quantitative estimate of drug-likeness (QED) is 0.756. The van der Waals surface area contributed by atoms with Crippen molar-refractivity contribution in [3.05, 3.63) is 53.7 Å². The first-order chi connectivity index (χ1) is 12.5. The Balaban J connectivity index is 1.60. The Morgan fingerprint density at radius 1 is 1.31 bits per heavy atom. The van der Waals surface area contributed by atoms with Crippen LogP contribution >= 0.6 is 11.5 Å². The van der Waals surface area contributed by atoms with Crippen LogP contribution in [-0.2, 0) is 4.79 Å². The highest BCUT2D eigenvalue weighted by atomic mass is 32.1. The molecule has 6 nitrogen and oxygen atoms in total. The van der Waals surface area contributed by atoms with Crippen LogP contribution in [0.5, 0.6) is 5.75 Å². The molecule has 1 aromatic heterocycles. The minimum Gasteiger partial charge on any atom is -0.489 e. The summed E-state index contributed by atoms with van der Waals surface area (Å²) >= 11 is 1.27. The molecule has 0 bridgehead atoms. The molecule has 1 N–H and O–H groups in total. The van der Waals surface area contributed by atoms with Gasteiger partial charge >= 0.3 is 0 Å². The highest BCUT2D eigenvalue weighted by Crippen LogP contribution is 2.30. The van der Waals surface area contributed by atoms with Crippen molar-refractivity contribution in [3.63, 3.8) is 0 Å². The second-order valence-electron chi connectivity index (χ2n) is 6.23. The number of nitrogens with one attached hydrogen (secondary N) is 1. The summed E-state index contributed by atoms with van der Waals surface area (Å²) in [5.41, 5.74) is 2.07. The molecule has 1 aliphatic heterocycles. The standard InChI is InChI=1S/C19H17N3O3S/c1-11-7-8-16-12(9-11)17(21-26-16)18(23)20-13-10-25-15-6-4-3-5-14(15)22(2)19(13)24/h3-9,13H,10H2,1-2H3,(H,20,23)/t13-/m0/s1. The Kier molecular flexibility index (Phi) is 4.08. The molecule has 26 heavy (non-hydrogen) atoms. The highest BCUT2D eigenvalue weighted by molar-refractivity contribution is 7.13. The number of hydrogen-bond donors (Lipinski definition) is 1. The molecule has 0 fully saturated rings. The molecule has 0 saturated carbocycles. The van der Waals surface area contributed by atoms with Crippen molar-refractivity contribution < 1.29 is 14.3 Å². The van der Waals surface area contributed by atoms with Gasteiger partial charge in [0.25, 0.3) is 11.8 Å². The van der Waals surface area contributed by atoms with E-state index in [4.69, 9.17) is 4.74 Å². The molecular weight excluding hydrogens is 350 g/mol. The molecule has 2 heterocycles. The van der Waals surface area contributed by atoms with Gasteiger partial charge in [0.05, 0.1) is 10.4 Å². The number of aromatic nitrogens is 1. The van der Waals surface area contributed by atoms with Crippen LogP contribution in [-0.4, -0.2) is 35.9 Å². The number of nitrogens with zero attached hydrogens (tertiary/aromatic N) is 2. The van der Waals surface area contributed by atoms with Crippen LogP contribution in [0, 0.1) is 6.92 Å². The maximum atomic E-state index is 12.7. The lowest BCUT2D eigenvalue weighted by Crippen LogP contribution is -2.49. The predicted molar refractivity (Wildman–Crippen MR) is 101 cm³/mol. The van der Waals surface area contributed by atoms with E-state index in [2.05, 4.69) is 9.69 Å². The topological polar surface area (TPSA) is 71.5 Å². The molecule has 2 aromatic carbocycles. The molecule has 3 aromatic rings. The molecule has 1 atom stereocenters. The third-order valence-electron chi connectivity index (χ3n) is 4.41. The largest absolute Gasteiger partial charge is 0.489 e. The van der Waals surface area contributed by atoms with Crippen LogP contribution in [0.25, 0.3) is 10.1 Å². The van der Waals surface area contributed by atoms with Gasteiger partial charge in [-0.3, -0.25) is 9.59 Å². The third-order valence-corrected chi connectivity index (χ3v) is 5.23. The number of fused-ring (bicyclic) bond motifs is 2. The van der Waals surface area contributed by atoms with Crippen LogP contribution in [0.2, 0.25) is 0 Å². The van der Waals surface area contributed by atoms with E-state index in [0.717, 1.165) is 15.6 Å². The number of benzene rings is 2. The van der Waals surface area contributed by atoms with Crippen molar-refractivity contribution >= 4 is 39.1 Å². The van der Waals surface area contributed by atoms with Gasteiger partial charge < -0.3 is 15.0 Å². The first kappa shape index (κ1) is 16.5. The number of para-hydroxylation sites is 2. The summed E-state index contributed by atoms with van der Waals surface area (Å²) < 4.78 is 10.9. The zero-order chi connectivity index (χ0) is 18.3. The average Bonchev–Trinajstić information content (AvgIpc) is 3.02. The fourth-order valence-electron chi connectivity index (χ4n) is 3.00.